The molecule has 28 heavy (non-hydrogen) atoms. The third-order valence-corrected chi connectivity index (χ3v) is 5.19. The lowest BCUT2D eigenvalue weighted by atomic mass is 10.1. The van der Waals surface area contributed by atoms with Crippen molar-refractivity contribution in [1.82, 2.24) is 10.4 Å². The van der Waals surface area contributed by atoms with Crippen molar-refractivity contribution in [3.05, 3.63) is 77.9 Å². The molecule has 0 aliphatic rings. The van der Waals surface area contributed by atoms with Crippen LogP contribution in [0.25, 0.3) is 20.8 Å². The number of phenols is 2. The molecule has 0 spiro atoms. The minimum Gasteiger partial charge on any atom is -0.504 e. The highest BCUT2D eigenvalue weighted by Crippen LogP contribution is 2.30. The van der Waals surface area contributed by atoms with Gasteiger partial charge < -0.3 is 10.2 Å². The SMILES string of the molecule is O=C(N/N=C/c1cccc(O)c1O)c1ccc(-c2nc3ccccc3s2)cc1. The summed E-state index contributed by atoms with van der Waals surface area (Å²) in [6.45, 7) is 0. The fourth-order valence-electron chi connectivity index (χ4n) is 2.64. The van der Waals surface area contributed by atoms with Gasteiger partial charge in [-0.05, 0) is 36.4 Å². The molecule has 3 aromatic carbocycles. The largest absolute Gasteiger partial charge is 0.504 e. The van der Waals surface area contributed by atoms with Crippen LogP contribution in [-0.2, 0) is 0 Å². The molecule has 0 saturated heterocycles. The number of thiazole rings is 1. The van der Waals surface area contributed by atoms with Gasteiger partial charge in [-0.2, -0.15) is 5.10 Å². The number of benzene rings is 3. The van der Waals surface area contributed by atoms with Crippen LogP contribution in [-0.4, -0.2) is 27.3 Å². The zero-order chi connectivity index (χ0) is 19.5. The van der Waals surface area contributed by atoms with Gasteiger partial charge in [0.05, 0.1) is 16.4 Å². The van der Waals surface area contributed by atoms with Crippen molar-refractivity contribution < 1.29 is 15.0 Å². The van der Waals surface area contributed by atoms with E-state index in [0.29, 0.717) is 11.1 Å². The number of rotatable bonds is 4. The molecule has 0 aliphatic carbocycles. The van der Waals surface area contributed by atoms with Gasteiger partial charge in [-0.3, -0.25) is 4.79 Å². The highest BCUT2D eigenvalue weighted by atomic mass is 32.1. The molecule has 0 aliphatic heterocycles. The third-order valence-electron chi connectivity index (χ3n) is 4.10. The Morgan fingerprint density at radius 3 is 2.57 bits per heavy atom. The molecule has 0 bridgehead atoms. The molecule has 0 saturated carbocycles. The Hall–Kier alpha value is -3.71. The Morgan fingerprint density at radius 2 is 1.79 bits per heavy atom. The zero-order valence-electron chi connectivity index (χ0n) is 14.5. The Labute approximate surface area is 164 Å². The lowest BCUT2D eigenvalue weighted by molar-refractivity contribution is 0.0955. The number of nitrogens with one attached hydrogen (secondary N) is 1. The molecule has 1 amide bonds. The van der Waals surface area contributed by atoms with E-state index >= 15 is 0 Å². The number of carbonyl (C=O) groups excluding carboxylic acids is 1. The first-order valence-electron chi connectivity index (χ1n) is 8.42. The predicted octanol–water partition coefficient (Wildman–Crippen LogP) is 4.14. The lowest BCUT2D eigenvalue weighted by Crippen LogP contribution is -2.17. The fraction of sp³-hybridized carbons (Fsp3) is 0. The number of para-hydroxylation sites is 2. The lowest BCUT2D eigenvalue weighted by Gasteiger charge is -2.02. The van der Waals surface area contributed by atoms with Gasteiger partial charge in [0, 0.05) is 16.7 Å². The summed E-state index contributed by atoms with van der Waals surface area (Å²) in [7, 11) is 0. The summed E-state index contributed by atoms with van der Waals surface area (Å²) < 4.78 is 1.11. The Kier molecular flexibility index (Phi) is 4.74. The summed E-state index contributed by atoms with van der Waals surface area (Å²) in [5.74, 6) is -0.923. The first kappa shape index (κ1) is 17.7. The Morgan fingerprint density at radius 1 is 1.00 bits per heavy atom. The number of nitrogens with zero attached hydrogens (tertiary/aromatic N) is 2. The van der Waals surface area contributed by atoms with Crippen molar-refractivity contribution >= 4 is 33.7 Å². The van der Waals surface area contributed by atoms with Crippen LogP contribution in [0.1, 0.15) is 15.9 Å². The maximum atomic E-state index is 12.2. The van der Waals surface area contributed by atoms with Gasteiger partial charge in [0.15, 0.2) is 11.5 Å². The predicted molar refractivity (Wildman–Crippen MR) is 110 cm³/mol. The number of aromatic nitrogens is 1. The van der Waals surface area contributed by atoms with Crippen LogP contribution in [0, 0.1) is 0 Å². The van der Waals surface area contributed by atoms with E-state index in [4.69, 9.17) is 0 Å². The van der Waals surface area contributed by atoms with Gasteiger partial charge in [-0.25, -0.2) is 10.4 Å². The molecular formula is C21H15N3O3S. The van der Waals surface area contributed by atoms with Crippen LogP contribution < -0.4 is 5.43 Å². The molecule has 0 unspecified atom stereocenters. The molecule has 3 N–H and O–H groups in total. The highest BCUT2D eigenvalue weighted by molar-refractivity contribution is 7.21. The number of amides is 1. The van der Waals surface area contributed by atoms with Gasteiger partial charge in [-0.15, -0.1) is 11.3 Å². The first-order chi connectivity index (χ1) is 13.6. The van der Waals surface area contributed by atoms with Gasteiger partial charge in [-0.1, -0.05) is 30.3 Å². The molecule has 4 aromatic rings. The molecule has 4 rings (SSSR count). The number of aromatic hydroxyl groups is 2. The van der Waals surface area contributed by atoms with E-state index in [0.717, 1.165) is 20.8 Å². The molecule has 0 fully saturated rings. The van der Waals surface area contributed by atoms with E-state index in [-0.39, 0.29) is 17.4 Å². The maximum Gasteiger partial charge on any atom is 0.271 e. The highest BCUT2D eigenvalue weighted by Gasteiger charge is 2.09. The van der Waals surface area contributed by atoms with Gasteiger partial charge >= 0.3 is 0 Å². The number of carbonyl (C=O) groups is 1. The average Bonchev–Trinajstić information content (AvgIpc) is 3.15. The van der Waals surface area contributed by atoms with Crippen LogP contribution in [0.4, 0.5) is 0 Å². The third kappa shape index (κ3) is 3.56. The van der Waals surface area contributed by atoms with Crippen LogP contribution in [0.15, 0.2) is 71.8 Å². The second-order valence-electron chi connectivity index (χ2n) is 5.98. The second kappa shape index (κ2) is 7.50. The van der Waals surface area contributed by atoms with Crippen LogP contribution in [0.3, 0.4) is 0 Å². The summed E-state index contributed by atoms with van der Waals surface area (Å²) in [5, 5.41) is 23.9. The number of hydrazone groups is 1. The summed E-state index contributed by atoms with van der Waals surface area (Å²) in [5.41, 5.74) is 5.03. The normalized spacial score (nSPS) is 11.1. The molecule has 6 nitrogen and oxygen atoms in total. The standard InChI is InChI=1S/C21H15N3O3S/c25-17-6-3-4-15(19(17)26)12-22-24-20(27)13-8-10-14(11-9-13)21-23-16-5-1-2-7-18(16)28-21/h1-12,25-26H,(H,24,27)/b22-12+. The molecule has 1 heterocycles. The summed E-state index contributed by atoms with van der Waals surface area (Å²) in [6, 6.07) is 19.5. The van der Waals surface area contributed by atoms with Crippen LogP contribution >= 0.6 is 11.3 Å². The minimum atomic E-state index is -0.383. The van der Waals surface area contributed by atoms with Crippen molar-refractivity contribution in [1.29, 1.82) is 0 Å². The van der Waals surface area contributed by atoms with E-state index in [1.165, 1.54) is 12.3 Å². The number of phenolic OH excluding ortho intramolecular Hbond substituents is 2. The quantitative estimate of drug-likeness (QED) is 0.278. The summed E-state index contributed by atoms with van der Waals surface area (Å²) >= 11 is 1.60. The topological polar surface area (TPSA) is 94.8 Å². The number of hydrogen-bond donors (Lipinski definition) is 3. The van der Waals surface area contributed by atoms with Crippen molar-refractivity contribution in [2.45, 2.75) is 0 Å². The minimum absolute atomic E-state index is 0.249. The van der Waals surface area contributed by atoms with Crippen molar-refractivity contribution in [2.24, 2.45) is 5.10 Å². The molecule has 7 heteroatoms. The number of fused-ring (bicyclic) bond motifs is 1. The maximum absolute atomic E-state index is 12.2. The molecular weight excluding hydrogens is 374 g/mol. The molecule has 1 aromatic heterocycles. The van der Waals surface area contributed by atoms with Crippen LogP contribution in [0.5, 0.6) is 11.5 Å². The smallest absolute Gasteiger partial charge is 0.271 e. The first-order valence-corrected chi connectivity index (χ1v) is 9.24. The average molecular weight is 389 g/mol. The summed E-state index contributed by atoms with van der Waals surface area (Å²) in [4.78, 5) is 16.8. The van der Waals surface area contributed by atoms with Gasteiger partial charge in [0.1, 0.15) is 5.01 Å². The van der Waals surface area contributed by atoms with Gasteiger partial charge in [0.25, 0.3) is 5.91 Å². The van der Waals surface area contributed by atoms with E-state index in [1.54, 1.807) is 35.6 Å². The molecule has 0 atom stereocenters. The second-order valence-corrected chi connectivity index (χ2v) is 7.01. The Bertz CT molecular complexity index is 1150. The van der Waals surface area contributed by atoms with E-state index in [9.17, 15) is 15.0 Å². The molecule has 0 radical (unpaired) electrons. The zero-order valence-corrected chi connectivity index (χ0v) is 15.4. The summed E-state index contributed by atoms with van der Waals surface area (Å²) in [6.07, 6.45) is 1.27. The van der Waals surface area contributed by atoms with Crippen molar-refractivity contribution in [3.63, 3.8) is 0 Å². The van der Waals surface area contributed by atoms with Crippen molar-refractivity contribution in [3.8, 4) is 22.1 Å². The molecule has 138 valence electrons. The van der Waals surface area contributed by atoms with E-state index in [2.05, 4.69) is 15.5 Å². The van der Waals surface area contributed by atoms with E-state index < -0.39 is 0 Å². The van der Waals surface area contributed by atoms with E-state index in [1.807, 2.05) is 36.4 Å². The fourth-order valence-corrected chi connectivity index (χ4v) is 3.61. The van der Waals surface area contributed by atoms with Crippen molar-refractivity contribution in [2.75, 3.05) is 0 Å². The van der Waals surface area contributed by atoms with Crippen LogP contribution in [0.2, 0.25) is 0 Å². The Balaban J connectivity index is 1.46. The monoisotopic (exact) mass is 389 g/mol. The van der Waals surface area contributed by atoms with Gasteiger partial charge in [0.2, 0.25) is 0 Å². The number of hydrogen-bond acceptors (Lipinski definition) is 6.